The average molecular weight is 368 g/mol. The van der Waals surface area contributed by atoms with Gasteiger partial charge in [0, 0.05) is 0 Å². The van der Waals surface area contributed by atoms with Crippen molar-refractivity contribution >= 4 is 45.4 Å². The van der Waals surface area contributed by atoms with Gasteiger partial charge in [-0.1, -0.05) is 24.3 Å². The lowest BCUT2D eigenvalue weighted by atomic mass is 10.2. The Hall–Kier alpha value is -2.82. The van der Waals surface area contributed by atoms with Gasteiger partial charge in [0.2, 0.25) is 0 Å². The molecule has 0 atom stereocenters. The fourth-order valence-corrected chi connectivity index (χ4v) is 4.01. The van der Waals surface area contributed by atoms with Crippen LogP contribution in [-0.2, 0) is 4.79 Å². The summed E-state index contributed by atoms with van der Waals surface area (Å²) >= 11 is 2.87. The number of thioether (sulfide) groups is 1. The van der Waals surface area contributed by atoms with Gasteiger partial charge in [0.25, 0.3) is 0 Å². The van der Waals surface area contributed by atoms with Crippen LogP contribution in [0.5, 0.6) is 5.75 Å². The Kier molecular flexibility index (Phi) is 5.33. The molecule has 0 bridgehead atoms. The Morgan fingerprint density at radius 1 is 1.28 bits per heavy atom. The number of ether oxygens (including phenoxy) is 1. The third-order valence-electron chi connectivity index (χ3n) is 3.12. The van der Waals surface area contributed by atoms with Gasteiger partial charge in [-0.25, -0.2) is 9.78 Å². The van der Waals surface area contributed by atoms with Crippen molar-refractivity contribution in [3.05, 3.63) is 59.0 Å². The molecule has 0 radical (unpaired) electrons. The van der Waals surface area contributed by atoms with Crippen LogP contribution in [0.3, 0.4) is 0 Å². The van der Waals surface area contributed by atoms with E-state index in [1.54, 1.807) is 41.7 Å². The highest BCUT2D eigenvalue weighted by Gasteiger charge is 2.07. The number of thiazole rings is 1. The molecular formula is C18H12N2O3S2. The number of hydrogen-bond donors (Lipinski definition) is 1. The second kappa shape index (κ2) is 7.83. The normalized spacial score (nSPS) is 11.2. The number of aromatic nitrogens is 1. The molecule has 0 amide bonds. The molecule has 0 aliphatic carbocycles. The fourth-order valence-electron chi connectivity index (χ4n) is 2.03. The van der Waals surface area contributed by atoms with Gasteiger partial charge < -0.3 is 9.84 Å². The zero-order valence-corrected chi connectivity index (χ0v) is 14.5. The summed E-state index contributed by atoms with van der Waals surface area (Å²) in [6.45, 7) is -0.383. The van der Waals surface area contributed by atoms with Crippen molar-refractivity contribution in [2.45, 2.75) is 4.34 Å². The molecule has 0 fully saturated rings. The first-order valence-electron chi connectivity index (χ1n) is 7.24. The molecule has 0 unspecified atom stereocenters. The summed E-state index contributed by atoms with van der Waals surface area (Å²) in [4.78, 5) is 15.5. The summed E-state index contributed by atoms with van der Waals surface area (Å²) in [5, 5.41) is 18.0. The van der Waals surface area contributed by atoms with Crippen LogP contribution in [-0.4, -0.2) is 22.7 Å². The summed E-state index contributed by atoms with van der Waals surface area (Å²) in [5.41, 5.74) is 1.75. The topological polar surface area (TPSA) is 83.2 Å². The van der Waals surface area contributed by atoms with Crippen LogP contribution in [0.4, 0.5) is 0 Å². The van der Waals surface area contributed by atoms with Gasteiger partial charge in [-0.05, 0) is 47.7 Å². The predicted octanol–water partition coefficient (Wildman–Crippen LogP) is 4.42. The Bertz CT molecular complexity index is 939. The first-order chi connectivity index (χ1) is 12.1. The molecule has 0 spiro atoms. The minimum absolute atomic E-state index is 0.383. The van der Waals surface area contributed by atoms with Crippen LogP contribution >= 0.6 is 23.1 Å². The van der Waals surface area contributed by atoms with Crippen molar-refractivity contribution in [3.8, 4) is 11.8 Å². The molecule has 0 aliphatic heterocycles. The first kappa shape index (κ1) is 17.0. The van der Waals surface area contributed by atoms with Crippen LogP contribution in [0, 0.1) is 11.3 Å². The lowest BCUT2D eigenvalue weighted by Crippen LogP contribution is -2.09. The maximum atomic E-state index is 10.5. The van der Waals surface area contributed by atoms with Crippen molar-refractivity contribution in [2.24, 2.45) is 0 Å². The minimum atomic E-state index is -1.03. The lowest BCUT2D eigenvalue weighted by molar-refractivity contribution is -0.139. The van der Waals surface area contributed by atoms with E-state index in [0.29, 0.717) is 10.7 Å². The standard InChI is InChI=1S/C18H12N2O3S2/c19-10-14(24-18-20-15-3-1-2-4-16(15)25-18)9-12-5-7-13(8-6-12)23-11-17(21)22/h1-9H,11H2,(H,21,22)/b14-9+. The number of nitriles is 1. The van der Waals surface area contributed by atoms with Crippen molar-refractivity contribution in [1.82, 2.24) is 4.98 Å². The number of carboxylic acids is 1. The number of nitrogens with zero attached hydrogens (tertiary/aromatic N) is 2. The van der Waals surface area contributed by atoms with E-state index in [4.69, 9.17) is 9.84 Å². The summed E-state index contributed by atoms with van der Waals surface area (Å²) in [7, 11) is 0. The third kappa shape index (κ3) is 4.59. The Morgan fingerprint density at radius 2 is 2.04 bits per heavy atom. The van der Waals surface area contributed by atoms with Crippen molar-refractivity contribution in [2.75, 3.05) is 6.61 Å². The highest BCUT2D eigenvalue weighted by atomic mass is 32.2. The smallest absolute Gasteiger partial charge is 0.341 e. The van der Waals surface area contributed by atoms with Crippen LogP contribution in [0.2, 0.25) is 0 Å². The largest absolute Gasteiger partial charge is 0.482 e. The van der Waals surface area contributed by atoms with Crippen LogP contribution in [0.15, 0.2) is 57.8 Å². The Labute approximate surface area is 152 Å². The first-order valence-corrected chi connectivity index (χ1v) is 8.87. The van der Waals surface area contributed by atoms with Gasteiger partial charge in [-0.2, -0.15) is 5.26 Å². The van der Waals surface area contributed by atoms with Crippen LogP contribution < -0.4 is 4.74 Å². The molecule has 25 heavy (non-hydrogen) atoms. The molecule has 3 rings (SSSR count). The number of benzene rings is 2. The van der Waals surface area contributed by atoms with Crippen LogP contribution in [0.1, 0.15) is 5.56 Å². The van der Waals surface area contributed by atoms with Gasteiger partial charge >= 0.3 is 5.97 Å². The van der Waals surface area contributed by atoms with Gasteiger partial charge in [-0.3, -0.25) is 0 Å². The maximum Gasteiger partial charge on any atom is 0.341 e. The zero-order valence-electron chi connectivity index (χ0n) is 12.9. The molecule has 2 aromatic carbocycles. The number of aliphatic carboxylic acids is 1. The molecule has 0 saturated heterocycles. The molecule has 3 aromatic rings. The average Bonchev–Trinajstić information content (AvgIpc) is 3.02. The van der Waals surface area contributed by atoms with E-state index in [0.717, 1.165) is 20.1 Å². The van der Waals surface area contributed by atoms with Crippen LogP contribution in [0.25, 0.3) is 16.3 Å². The number of carbonyl (C=O) groups is 1. The molecule has 1 N–H and O–H groups in total. The lowest BCUT2D eigenvalue weighted by Gasteiger charge is -2.03. The Balaban J connectivity index is 1.73. The molecule has 5 nitrogen and oxygen atoms in total. The highest BCUT2D eigenvalue weighted by Crippen LogP contribution is 2.34. The number of carboxylic acid groups (broad SMARTS) is 1. The molecule has 0 saturated carbocycles. The summed E-state index contributed by atoms with van der Waals surface area (Å²) < 4.78 is 6.98. The van der Waals surface area contributed by atoms with E-state index >= 15 is 0 Å². The maximum absolute atomic E-state index is 10.5. The van der Waals surface area contributed by atoms with Crippen molar-refractivity contribution in [3.63, 3.8) is 0 Å². The number of para-hydroxylation sites is 1. The van der Waals surface area contributed by atoms with Crippen molar-refractivity contribution in [1.29, 1.82) is 5.26 Å². The number of rotatable bonds is 6. The van der Waals surface area contributed by atoms with E-state index in [-0.39, 0.29) is 6.61 Å². The van der Waals surface area contributed by atoms with E-state index in [1.165, 1.54) is 11.8 Å². The second-order valence-electron chi connectivity index (χ2n) is 4.92. The minimum Gasteiger partial charge on any atom is -0.482 e. The second-order valence-corrected chi connectivity index (χ2v) is 7.24. The van der Waals surface area contributed by atoms with E-state index in [9.17, 15) is 10.1 Å². The summed E-state index contributed by atoms with van der Waals surface area (Å²) in [5.74, 6) is -0.556. The van der Waals surface area contributed by atoms with Crippen molar-refractivity contribution < 1.29 is 14.6 Å². The SMILES string of the molecule is N#C/C(=C\c1ccc(OCC(=O)O)cc1)Sc1nc2ccccc2s1. The van der Waals surface area contributed by atoms with Gasteiger partial charge in [-0.15, -0.1) is 11.3 Å². The van der Waals surface area contributed by atoms with E-state index in [1.807, 2.05) is 24.3 Å². The van der Waals surface area contributed by atoms with Gasteiger partial charge in [0.15, 0.2) is 10.9 Å². The summed E-state index contributed by atoms with van der Waals surface area (Å²) in [6.07, 6.45) is 1.76. The molecule has 124 valence electrons. The third-order valence-corrected chi connectivity index (χ3v) is 5.15. The molecular weight excluding hydrogens is 356 g/mol. The summed E-state index contributed by atoms with van der Waals surface area (Å²) in [6, 6.07) is 16.9. The molecule has 7 heteroatoms. The quantitative estimate of drug-likeness (QED) is 0.512. The zero-order chi connectivity index (χ0) is 17.6. The number of allylic oxidation sites excluding steroid dienone is 1. The van der Waals surface area contributed by atoms with E-state index < -0.39 is 5.97 Å². The highest BCUT2D eigenvalue weighted by molar-refractivity contribution is 8.05. The molecule has 1 heterocycles. The monoisotopic (exact) mass is 368 g/mol. The predicted molar refractivity (Wildman–Crippen MR) is 98.6 cm³/mol. The van der Waals surface area contributed by atoms with Gasteiger partial charge in [0.05, 0.1) is 15.1 Å². The molecule has 1 aromatic heterocycles. The Morgan fingerprint density at radius 3 is 2.72 bits per heavy atom. The number of fused-ring (bicyclic) bond motifs is 1. The van der Waals surface area contributed by atoms with Gasteiger partial charge in [0.1, 0.15) is 11.8 Å². The van der Waals surface area contributed by atoms with E-state index in [2.05, 4.69) is 11.1 Å². The number of hydrogen-bond acceptors (Lipinski definition) is 6. The molecule has 0 aliphatic rings. The fraction of sp³-hybridized carbons (Fsp3) is 0.0556.